The van der Waals surface area contributed by atoms with Crippen molar-refractivity contribution in [2.75, 3.05) is 24.2 Å². The van der Waals surface area contributed by atoms with Gasteiger partial charge in [-0.15, -0.1) is 0 Å². The summed E-state index contributed by atoms with van der Waals surface area (Å²) in [5.41, 5.74) is 5.70. The second-order valence-electron chi connectivity index (χ2n) is 7.61. The van der Waals surface area contributed by atoms with Crippen LogP contribution in [0, 0.1) is 6.92 Å². The molecule has 0 bridgehead atoms. The number of hydrogen-bond acceptors (Lipinski definition) is 6. The van der Waals surface area contributed by atoms with Gasteiger partial charge in [-0.1, -0.05) is 35.9 Å². The average molecular weight is 482 g/mol. The largest absolute Gasteiger partial charge is 0.497 e. The molecule has 0 aliphatic heterocycles. The second-order valence-corrected chi connectivity index (χ2v) is 9.51. The van der Waals surface area contributed by atoms with Crippen molar-refractivity contribution in [1.82, 2.24) is 5.43 Å². The van der Waals surface area contributed by atoms with Crippen LogP contribution in [0.5, 0.6) is 11.5 Å². The Morgan fingerprint density at radius 2 is 1.74 bits per heavy atom. The number of hydrazone groups is 1. The molecule has 3 aromatic rings. The topological polar surface area (TPSA) is 97.3 Å². The molecule has 0 aliphatic carbocycles. The molecule has 0 aliphatic rings. The molecule has 0 atom stereocenters. The van der Waals surface area contributed by atoms with Crippen molar-refractivity contribution < 1.29 is 22.7 Å². The van der Waals surface area contributed by atoms with Gasteiger partial charge in [0.1, 0.15) is 24.7 Å². The molecule has 0 fully saturated rings. The number of carbonyl (C=O) groups excluding carboxylic acids is 1. The maximum Gasteiger partial charge on any atom is 0.260 e. The SMILES string of the molecule is COc1cccc(N(CC(=O)N/N=C\c2ccc(OCc3ccc(C)cc3)cc2)S(C)(=O)=O)c1. The van der Waals surface area contributed by atoms with Crippen LogP contribution in [0.1, 0.15) is 16.7 Å². The summed E-state index contributed by atoms with van der Waals surface area (Å²) in [4.78, 5) is 12.3. The maximum atomic E-state index is 12.3. The molecule has 0 heterocycles. The molecular weight excluding hydrogens is 454 g/mol. The molecule has 0 aromatic heterocycles. The van der Waals surface area contributed by atoms with Crippen LogP contribution in [-0.2, 0) is 21.4 Å². The molecular formula is C25H27N3O5S. The number of sulfonamides is 1. The van der Waals surface area contributed by atoms with Crippen molar-refractivity contribution in [3.8, 4) is 11.5 Å². The Balaban J connectivity index is 1.55. The van der Waals surface area contributed by atoms with Crippen molar-refractivity contribution in [2.24, 2.45) is 5.10 Å². The molecule has 0 saturated heterocycles. The van der Waals surface area contributed by atoms with Crippen LogP contribution >= 0.6 is 0 Å². The maximum absolute atomic E-state index is 12.3. The summed E-state index contributed by atoms with van der Waals surface area (Å²) in [5, 5.41) is 3.92. The zero-order chi connectivity index (χ0) is 24.6. The molecule has 1 amide bonds. The highest BCUT2D eigenvalue weighted by molar-refractivity contribution is 7.92. The minimum absolute atomic E-state index is 0.321. The summed E-state index contributed by atoms with van der Waals surface area (Å²) in [6.45, 7) is 2.08. The van der Waals surface area contributed by atoms with Crippen LogP contribution in [0.25, 0.3) is 0 Å². The van der Waals surface area contributed by atoms with Gasteiger partial charge in [-0.2, -0.15) is 5.10 Å². The third-order valence-electron chi connectivity index (χ3n) is 4.84. The molecule has 8 nitrogen and oxygen atoms in total. The predicted octanol–water partition coefficient (Wildman–Crippen LogP) is 3.50. The van der Waals surface area contributed by atoms with E-state index in [2.05, 4.69) is 10.5 Å². The van der Waals surface area contributed by atoms with E-state index in [-0.39, 0.29) is 0 Å². The van der Waals surface area contributed by atoms with Crippen molar-refractivity contribution in [1.29, 1.82) is 0 Å². The fourth-order valence-electron chi connectivity index (χ4n) is 3.01. The highest BCUT2D eigenvalue weighted by Crippen LogP contribution is 2.22. The van der Waals surface area contributed by atoms with Crippen molar-refractivity contribution >= 4 is 27.8 Å². The minimum atomic E-state index is -3.70. The summed E-state index contributed by atoms with van der Waals surface area (Å²) < 4.78 is 36.3. The first-order chi connectivity index (χ1) is 16.2. The number of aryl methyl sites for hydroxylation is 1. The van der Waals surface area contributed by atoms with E-state index >= 15 is 0 Å². The van der Waals surface area contributed by atoms with Gasteiger partial charge in [0.05, 0.1) is 25.3 Å². The van der Waals surface area contributed by atoms with Crippen LogP contribution < -0.4 is 19.2 Å². The lowest BCUT2D eigenvalue weighted by atomic mass is 10.2. The van der Waals surface area contributed by atoms with Gasteiger partial charge in [0.2, 0.25) is 10.0 Å². The van der Waals surface area contributed by atoms with E-state index in [1.165, 1.54) is 18.9 Å². The number of benzene rings is 3. The van der Waals surface area contributed by atoms with Gasteiger partial charge in [0, 0.05) is 6.07 Å². The highest BCUT2D eigenvalue weighted by Gasteiger charge is 2.21. The van der Waals surface area contributed by atoms with E-state index in [0.717, 1.165) is 21.7 Å². The van der Waals surface area contributed by atoms with Crippen LogP contribution in [0.4, 0.5) is 5.69 Å². The lowest BCUT2D eigenvalue weighted by molar-refractivity contribution is -0.119. The van der Waals surface area contributed by atoms with E-state index in [1.807, 2.05) is 43.3 Å². The second kappa shape index (κ2) is 11.3. The molecule has 34 heavy (non-hydrogen) atoms. The van der Waals surface area contributed by atoms with E-state index < -0.39 is 22.5 Å². The minimum Gasteiger partial charge on any atom is -0.497 e. The third kappa shape index (κ3) is 7.35. The molecule has 0 spiro atoms. The Kier molecular flexibility index (Phi) is 8.26. The number of rotatable bonds is 10. The fourth-order valence-corrected chi connectivity index (χ4v) is 3.86. The van der Waals surface area contributed by atoms with Gasteiger partial charge < -0.3 is 9.47 Å². The zero-order valence-corrected chi connectivity index (χ0v) is 20.1. The molecule has 9 heteroatoms. The number of amides is 1. The first-order valence-corrected chi connectivity index (χ1v) is 12.3. The summed E-state index contributed by atoms with van der Waals surface area (Å²) in [5.74, 6) is 0.613. The Bertz CT molecular complexity index is 1240. The smallest absolute Gasteiger partial charge is 0.260 e. The first kappa shape index (κ1) is 24.8. The first-order valence-electron chi connectivity index (χ1n) is 10.5. The van der Waals surface area contributed by atoms with Gasteiger partial charge in [-0.3, -0.25) is 9.10 Å². The van der Waals surface area contributed by atoms with E-state index in [9.17, 15) is 13.2 Å². The number of ether oxygens (including phenoxy) is 2. The number of anilines is 1. The number of nitrogens with zero attached hydrogens (tertiary/aromatic N) is 2. The molecule has 1 N–H and O–H groups in total. The van der Waals surface area contributed by atoms with E-state index in [0.29, 0.717) is 23.8 Å². The Morgan fingerprint density at radius 1 is 1.03 bits per heavy atom. The molecule has 3 aromatic carbocycles. The van der Waals surface area contributed by atoms with Gasteiger partial charge in [-0.05, 0) is 54.4 Å². The third-order valence-corrected chi connectivity index (χ3v) is 5.98. The fraction of sp³-hybridized carbons (Fsp3) is 0.200. The van der Waals surface area contributed by atoms with Crippen LogP contribution in [-0.4, -0.2) is 40.4 Å². The normalized spacial score (nSPS) is 11.3. The van der Waals surface area contributed by atoms with Crippen molar-refractivity contribution in [3.05, 3.63) is 89.5 Å². The monoisotopic (exact) mass is 481 g/mol. The number of hydrogen-bond donors (Lipinski definition) is 1. The van der Waals surface area contributed by atoms with Crippen molar-refractivity contribution in [3.63, 3.8) is 0 Å². The summed E-state index contributed by atoms with van der Waals surface area (Å²) >= 11 is 0. The van der Waals surface area contributed by atoms with Crippen LogP contribution in [0.15, 0.2) is 77.9 Å². The van der Waals surface area contributed by atoms with Crippen LogP contribution in [0.2, 0.25) is 0 Å². The van der Waals surface area contributed by atoms with Crippen LogP contribution in [0.3, 0.4) is 0 Å². The molecule has 3 rings (SSSR count). The van der Waals surface area contributed by atoms with Gasteiger partial charge >= 0.3 is 0 Å². The molecule has 0 radical (unpaired) electrons. The Hall–Kier alpha value is -3.85. The van der Waals surface area contributed by atoms with Crippen molar-refractivity contribution in [2.45, 2.75) is 13.5 Å². The van der Waals surface area contributed by atoms with E-state index in [1.54, 1.807) is 36.4 Å². The summed E-state index contributed by atoms with van der Waals surface area (Å²) in [7, 11) is -2.22. The number of carbonyl (C=O) groups is 1. The van der Waals surface area contributed by atoms with Gasteiger partial charge in [-0.25, -0.2) is 13.8 Å². The average Bonchev–Trinajstić information content (AvgIpc) is 2.82. The molecule has 0 unspecified atom stereocenters. The Morgan fingerprint density at radius 3 is 2.38 bits per heavy atom. The molecule has 0 saturated carbocycles. The van der Waals surface area contributed by atoms with Gasteiger partial charge in [0.15, 0.2) is 0 Å². The predicted molar refractivity (Wildman–Crippen MR) is 133 cm³/mol. The number of nitrogens with one attached hydrogen (secondary N) is 1. The summed E-state index contributed by atoms with van der Waals surface area (Å²) in [6, 6.07) is 21.8. The number of methoxy groups -OCH3 is 1. The Labute approximate surface area is 199 Å². The standard InChI is InChI=1S/C25H27N3O5S/c1-19-7-9-21(10-8-19)18-33-23-13-11-20(12-14-23)16-26-27-25(29)17-28(34(3,30)31)22-5-4-6-24(15-22)32-2/h4-16H,17-18H2,1-3H3,(H,27,29)/b26-16-. The molecule has 178 valence electrons. The quantitative estimate of drug-likeness (QED) is 0.353. The van der Waals surface area contributed by atoms with Gasteiger partial charge in [0.25, 0.3) is 5.91 Å². The lowest BCUT2D eigenvalue weighted by Crippen LogP contribution is -2.39. The lowest BCUT2D eigenvalue weighted by Gasteiger charge is -2.21. The zero-order valence-electron chi connectivity index (χ0n) is 19.3. The highest BCUT2D eigenvalue weighted by atomic mass is 32.2. The van der Waals surface area contributed by atoms with E-state index in [4.69, 9.17) is 9.47 Å². The summed E-state index contributed by atoms with van der Waals surface area (Å²) in [6.07, 6.45) is 2.50.